The lowest BCUT2D eigenvalue weighted by atomic mass is 9.96. The number of carboxylic acids is 1. The van der Waals surface area contributed by atoms with Crippen molar-refractivity contribution in [1.82, 2.24) is 9.66 Å². The molecule has 208 valence electrons. The van der Waals surface area contributed by atoms with Crippen molar-refractivity contribution in [2.45, 2.75) is 40.5 Å². The number of hydrogen-bond acceptors (Lipinski definition) is 6. The maximum absolute atomic E-state index is 13.7. The van der Waals surface area contributed by atoms with Gasteiger partial charge in [-0.15, -0.1) is 0 Å². The molecule has 0 spiro atoms. The van der Waals surface area contributed by atoms with E-state index >= 15 is 0 Å². The molecular formula is C33H31N3O5. The molecule has 0 aliphatic carbocycles. The number of para-hydroxylation sites is 1. The summed E-state index contributed by atoms with van der Waals surface area (Å²) in [4.78, 5) is 30.2. The summed E-state index contributed by atoms with van der Waals surface area (Å²) in [6, 6.07) is 19.7. The van der Waals surface area contributed by atoms with Crippen LogP contribution in [0.3, 0.4) is 0 Å². The summed E-state index contributed by atoms with van der Waals surface area (Å²) in [5.74, 6) is 1.30. The fourth-order valence-electron chi connectivity index (χ4n) is 4.89. The number of carboxylic acid groups (broad SMARTS) is 1. The van der Waals surface area contributed by atoms with E-state index in [1.165, 1.54) is 10.9 Å². The summed E-state index contributed by atoms with van der Waals surface area (Å²) in [6.45, 7) is 10.4. The highest BCUT2D eigenvalue weighted by Gasteiger charge is 2.19. The monoisotopic (exact) mass is 549 g/mol. The van der Waals surface area contributed by atoms with Crippen molar-refractivity contribution in [3.8, 4) is 28.5 Å². The zero-order valence-electron chi connectivity index (χ0n) is 23.6. The van der Waals surface area contributed by atoms with Crippen LogP contribution < -0.4 is 10.3 Å². The lowest BCUT2D eigenvalue weighted by Crippen LogP contribution is -2.20. The van der Waals surface area contributed by atoms with Crippen molar-refractivity contribution in [3.63, 3.8) is 0 Å². The van der Waals surface area contributed by atoms with Crippen LogP contribution in [-0.2, 0) is 0 Å². The first-order chi connectivity index (χ1) is 19.7. The Hall–Kier alpha value is -4.98. The van der Waals surface area contributed by atoms with Gasteiger partial charge >= 0.3 is 5.97 Å². The van der Waals surface area contributed by atoms with Gasteiger partial charge in [-0.25, -0.2) is 9.78 Å². The van der Waals surface area contributed by atoms with E-state index in [1.807, 2.05) is 38.1 Å². The van der Waals surface area contributed by atoms with Gasteiger partial charge in [-0.1, -0.05) is 38.1 Å². The van der Waals surface area contributed by atoms with Gasteiger partial charge in [-0.2, -0.15) is 9.78 Å². The number of fused-ring (bicyclic) bond motifs is 1. The summed E-state index contributed by atoms with van der Waals surface area (Å²) < 4.78 is 13.2. The fourth-order valence-corrected chi connectivity index (χ4v) is 4.89. The maximum Gasteiger partial charge on any atom is 0.335 e. The second-order valence-electron chi connectivity index (χ2n) is 10.1. The molecular weight excluding hydrogens is 518 g/mol. The number of furan rings is 1. The molecule has 0 radical (unpaired) electrons. The molecule has 0 unspecified atom stereocenters. The summed E-state index contributed by atoms with van der Waals surface area (Å²) in [5.41, 5.74) is 4.43. The summed E-state index contributed by atoms with van der Waals surface area (Å²) in [7, 11) is 0. The Labute approximate surface area is 237 Å². The first-order valence-corrected chi connectivity index (χ1v) is 13.5. The van der Waals surface area contributed by atoms with Gasteiger partial charge in [0.2, 0.25) is 0 Å². The average molecular weight is 550 g/mol. The van der Waals surface area contributed by atoms with Crippen molar-refractivity contribution >= 4 is 23.1 Å². The first kappa shape index (κ1) is 27.6. The SMILES string of the molecule is CCOc1cc(C)c(-c2nc3ccccc3c(=O)n2N=Cc2ccc(-c3cccc(C(=O)O)c3C)o2)cc1C(C)C. The van der Waals surface area contributed by atoms with Crippen molar-refractivity contribution in [3.05, 3.63) is 105 Å². The highest BCUT2D eigenvalue weighted by atomic mass is 16.5. The number of aromatic carboxylic acids is 1. The van der Waals surface area contributed by atoms with Crippen LogP contribution in [0.5, 0.6) is 5.75 Å². The number of rotatable bonds is 8. The third-order valence-corrected chi connectivity index (χ3v) is 7.03. The molecule has 8 nitrogen and oxygen atoms in total. The second-order valence-corrected chi connectivity index (χ2v) is 10.1. The summed E-state index contributed by atoms with van der Waals surface area (Å²) in [6.07, 6.45) is 1.47. The van der Waals surface area contributed by atoms with Gasteiger partial charge in [0, 0.05) is 11.1 Å². The molecule has 1 N–H and O–H groups in total. The van der Waals surface area contributed by atoms with Crippen LogP contribution in [0.1, 0.15) is 59.5 Å². The van der Waals surface area contributed by atoms with Crippen LogP contribution in [0.2, 0.25) is 0 Å². The molecule has 3 aromatic carbocycles. The highest BCUT2D eigenvalue weighted by molar-refractivity contribution is 5.92. The van der Waals surface area contributed by atoms with Gasteiger partial charge in [0.15, 0.2) is 5.82 Å². The zero-order chi connectivity index (χ0) is 29.3. The Morgan fingerprint density at radius 1 is 1.07 bits per heavy atom. The number of aromatic nitrogens is 2. The Bertz CT molecular complexity index is 1860. The van der Waals surface area contributed by atoms with E-state index in [-0.39, 0.29) is 17.0 Å². The third-order valence-electron chi connectivity index (χ3n) is 7.03. The van der Waals surface area contributed by atoms with Crippen LogP contribution in [0.4, 0.5) is 0 Å². The standard InChI is InChI=1S/C33H31N3O5/c1-6-40-30-16-20(4)27(17-26(30)19(2)3)31-35-28-13-8-7-10-25(28)32(37)36(31)34-18-22-14-15-29(41-22)23-11-9-12-24(21(23)5)33(38)39/h7-19H,6H2,1-5H3,(H,38,39). The van der Waals surface area contributed by atoms with Crippen LogP contribution >= 0.6 is 0 Å². The minimum absolute atomic E-state index is 0.185. The molecule has 8 heteroatoms. The van der Waals surface area contributed by atoms with Gasteiger partial charge in [-0.05, 0) is 85.8 Å². The molecule has 41 heavy (non-hydrogen) atoms. The summed E-state index contributed by atoms with van der Waals surface area (Å²) in [5, 5.41) is 14.5. The van der Waals surface area contributed by atoms with Crippen molar-refractivity contribution in [2.75, 3.05) is 6.61 Å². The van der Waals surface area contributed by atoms with Crippen molar-refractivity contribution in [2.24, 2.45) is 5.10 Å². The Morgan fingerprint density at radius 3 is 2.59 bits per heavy atom. The van der Waals surface area contributed by atoms with Gasteiger partial charge in [0.05, 0.1) is 29.3 Å². The molecule has 0 aliphatic rings. The lowest BCUT2D eigenvalue weighted by molar-refractivity contribution is 0.0696. The highest BCUT2D eigenvalue weighted by Crippen LogP contribution is 2.34. The van der Waals surface area contributed by atoms with E-state index in [1.54, 1.807) is 49.4 Å². The first-order valence-electron chi connectivity index (χ1n) is 13.5. The van der Waals surface area contributed by atoms with Crippen LogP contribution in [0.15, 0.2) is 81.0 Å². The number of ether oxygens (including phenoxy) is 1. The Morgan fingerprint density at radius 2 is 1.85 bits per heavy atom. The molecule has 5 aromatic rings. The van der Waals surface area contributed by atoms with Gasteiger partial charge < -0.3 is 14.3 Å². The maximum atomic E-state index is 13.7. The van der Waals surface area contributed by atoms with Gasteiger partial charge in [0.25, 0.3) is 5.56 Å². The molecule has 0 atom stereocenters. The molecule has 2 heterocycles. The van der Waals surface area contributed by atoms with E-state index in [4.69, 9.17) is 14.1 Å². The minimum atomic E-state index is -1.00. The molecule has 0 bridgehead atoms. The van der Waals surface area contributed by atoms with E-state index in [2.05, 4.69) is 18.9 Å². The van der Waals surface area contributed by atoms with Crippen LogP contribution in [0, 0.1) is 13.8 Å². The van der Waals surface area contributed by atoms with Crippen LogP contribution in [-0.4, -0.2) is 33.6 Å². The molecule has 5 rings (SSSR count). The Kier molecular flexibility index (Phi) is 7.57. The number of hydrogen-bond donors (Lipinski definition) is 1. The molecule has 0 saturated carbocycles. The average Bonchev–Trinajstić information content (AvgIpc) is 3.41. The van der Waals surface area contributed by atoms with E-state index < -0.39 is 5.97 Å². The van der Waals surface area contributed by atoms with Crippen molar-refractivity contribution < 1.29 is 19.1 Å². The van der Waals surface area contributed by atoms with Crippen molar-refractivity contribution in [1.29, 1.82) is 0 Å². The Balaban J connectivity index is 1.64. The quantitative estimate of drug-likeness (QED) is 0.208. The number of nitrogens with zero attached hydrogens (tertiary/aromatic N) is 3. The largest absolute Gasteiger partial charge is 0.494 e. The van der Waals surface area contributed by atoms with E-state index in [0.717, 1.165) is 22.4 Å². The lowest BCUT2D eigenvalue weighted by Gasteiger charge is -2.18. The van der Waals surface area contributed by atoms with Gasteiger partial charge in [-0.3, -0.25) is 4.79 Å². The molecule has 2 aromatic heterocycles. The van der Waals surface area contributed by atoms with Crippen LogP contribution in [0.25, 0.3) is 33.6 Å². The molecule has 0 aliphatic heterocycles. The smallest absolute Gasteiger partial charge is 0.335 e. The third kappa shape index (κ3) is 5.28. The predicted octanol–water partition coefficient (Wildman–Crippen LogP) is 7.04. The number of aryl methyl sites for hydroxylation is 1. The van der Waals surface area contributed by atoms with E-state index in [0.29, 0.717) is 46.0 Å². The molecule has 0 amide bonds. The number of benzene rings is 3. The molecule has 0 saturated heterocycles. The van der Waals surface area contributed by atoms with Gasteiger partial charge in [0.1, 0.15) is 17.3 Å². The minimum Gasteiger partial charge on any atom is -0.494 e. The normalized spacial score (nSPS) is 11.6. The topological polar surface area (TPSA) is 107 Å². The fraction of sp³-hybridized carbons (Fsp3) is 0.212. The summed E-state index contributed by atoms with van der Waals surface area (Å²) >= 11 is 0. The van der Waals surface area contributed by atoms with E-state index in [9.17, 15) is 14.7 Å². The predicted molar refractivity (Wildman–Crippen MR) is 160 cm³/mol. The molecule has 0 fully saturated rings. The second kappa shape index (κ2) is 11.3. The zero-order valence-corrected chi connectivity index (χ0v) is 23.6. The number of carbonyl (C=O) groups is 1.